The molecule has 0 unspecified atom stereocenters. The number of rotatable bonds is 4. The van der Waals surface area contributed by atoms with Crippen molar-refractivity contribution in [3.63, 3.8) is 0 Å². The molecule has 0 saturated carbocycles. The molecule has 0 atom stereocenters. The van der Waals surface area contributed by atoms with Crippen molar-refractivity contribution < 1.29 is 4.42 Å². The number of allylic oxidation sites excluding steroid dienone is 1. The van der Waals surface area contributed by atoms with Crippen LogP contribution in [-0.4, -0.2) is 0 Å². The Morgan fingerprint density at radius 2 is 1.33 bits per heavy atom. The highest BCUT2D eigenvalue weighted by molar-refractivity contribution is 6.25. The molecule has 1 nitrogen and oxygen atoms in total. The Morgan fingerprint density at radius 3 is 2.14 bits per heavy atom. The Morgan fingerprint density at radius 1 is 0.639 bits per heavy atom. The Hall–Kier alpha value is -4.62. The average Bonchev–Trinajstić information content (AvgIpc) is 3.28. The van der Waals surface area contributed by atoms with Crippen LogP contribution < -0.4 is 0 Å². The van der Waals surface area contributed by atoms with E-state index in [9.17, 15) is 0 Å². The van der Waals surface area contributed by atoms with Crippen molar-refractivity contribution in [1.82, 2.24) is 0 Å². The minimum atomic E-state index is 0.808. The zero-order valence-electron chi connectivity index (χ0n) is 20.1. The van der Waals surface area contributed by atoms with Crippen molar-refractivity contribution in [1.29, 1.82) is 0 Å². The van der Waals surface area contributed by atoms with E-state index >= 15 is 0 Å². The summed E-state index contributed by atoms with van der Waals surface area (Å²) in [5.41, 5.74) is 6.79. The number of furan rings is 1. The summed E-state index contributed by atoms with van der Waals surface area (Å²) in [6, 6.07) is 35.4. The molecule has 1 aromatic heterocycles. The number of hydrogen-bond acceptors (Lipinski definition) is 1. The lowest BCUT2D eigenvalue weighted by Crippen LogP contribution is -1.88. The van der Waals surface area contributed by atoms with Gasteiger partial charge in [-0.1, -0.05) is 97.6 Å². The molecular weight excluding hydrogens is 436 g/mol. The van der Waals surface area contributed by atoms with Crippen LogP contribution in [0.2, 0.25) is 0 Å². The molecule has 0 N–H and O–H groups in total. The molecule has 0 aliphatic rings. The fourth-order valence-corrected chi connectivity index (χ4v) is 5.66. The summed E-state index contributed by atoms with van der Waals surface area (Å²) in [4.78, 5) is 0. The van der Waals surface area contributed by atoms with Crippen LogP contribution in [0.4, 0.5) is 0 Å². The maximum Gasteiger partial charge on any atom is 0.135 e. The van der Waals surface area contributed by atoms with E-state index in [1.807, 2.05) is 13.0 Å². The van der Waals surface area contributed by atoms with Gasteiger partial charge in [0.1, 0.15) is 11.3 Å². The van der Waals surface area contributed by atoms with Crippen LogP contribution >= 0.6 is 0 Å². The molecule has 7 rings (SSSR count). The quantitative estimate of drug-likeness (QED) is 0.238. The summed E-state index contributed by atoms with van der Waals surface area (Å²) in [6.45, 7) is 5.95. The lowest BCUT2D eigenvalue weighted by Gasteiger charge is -2.14. The molecule has 1 heterocycles. The fourth-order valence-electron chi connectivity index (χ4n) is 5.66. The van der Waals surface area contributed by atoms with Gasteiger partial charge in [0.15, 0.2) is 0 Å². The van der Waals surface area contributed by atoms with Crippen molar-refractivity contribution in [2.75, 3.05) is 0 Å². The molecule has 0 aliphatic heterocycles. The van der Waals surface area contributed by atoms with Crippen LogP contribution in [0.3, 0.4) is 0 Å². The zero-order valence-corrected chi connectivity index (χ0v) is 20.1. The van der Waals surface area contributed by atoms with Crippen molar-refractivity contribution in [2.24, 2.45) is 0 Å². The van der Waals surface area contributed by atoms with Gasteiger partial charge in [0.25, 0.3) is 0 Å². The molecule has 0 fully saturated rings. The highest BCUT2D eigenvalue weighted by atomic mass is 16.3. The Kier molecular flexibility index (Phi) is 4.59. The van der Waals surface area contributed by atoms with Crippen LogP contribution in [0.15, 0.2) is 114 Å². The SMILES string of the molecule is C=Cc1oc2ccc(-c3cccc(-c4ccc5ccc6cccc7ccc4c5c67)c3)cc2c1/C=C\C. The first-order chi connectivity index (χ1) is 17.7. The molecule has 0 amide bonds. The predicted molar refractivity (Wildman–Crippen MR) is 156 cm³/mol. The van der Waals surface area contributed by atoms with Gasteiger partial charge < -0.3 is 4.42 Å². The van der Waals surface area contributed by atoms with E-state index in [0.717, 1.165) is 22.3 Å². The van der Waals surface area contributed by atoms with Gasteiger partial charge in [-0.3, -0.25) is 0 Å². The Labute approximate surface area is 209 Å². The van der Waals surface area contributed by atoms with E-state index in [1.165, 1.54) is 54.6 Å². The van der Waals surface area contributed by atoms with E-state index in [4.69, 9.17) is 4.42 Å². The van der Waals surface area contributed by atoms with E-state index in [2.05, 4.69) is 110 Å². The summed E-state index contributed by atoms with van der Waals surface area (Å²) < 4.78 is 6.02. The summed E-state index contributed by atoms with van der Waals surface area (Å²) in [6.07, 6.45) is 5.91. The lowest BCUT2D eigenvalue weighted by molar-refractivity contribution is 0.603. The standard InChI is InChI=1S/C35H24O/c1-3-7-29-31-21-26(16-19-33(31)36-32(29)4-2)25-10-6-11-27(20-25)28-17-14-24-13-12-22-8-5-9-23-15-18-30(28)35(24)34(22)23/h3-21H,2H2,1H3/b7-3-. The third kappa shape index (κ3) is 3.03. The first kappa shape index (κ1) is 20.7. The third-order valence-corrected chi connectivity index (χ3v) is 7.31. The van der Waals surface area contributed by atoms with Gasteiger partial charge in [0.05, 0.1) is 0 Å². The highest BCUT2D eigenvalue weighted by Crippen LogP contribution is 2.40. The molecule has 0 spiro atoms. The maximum absolute atomic E-state index is 6.02. The summed E-state index contributed by atoms with van der Waals surface area (Å²) in [5.74, 6) is 0.808. The van der Waals surface area contributed by atoms with E-state index in [-0.39, 0.29) is 0 Å². The van der Waals surface area contributed by atoms with Gasteiger partial charge >= 0.3 is 0 Å². The molecule has 0 bridgehead atoms. The van der Waals surface area contributed by atoms with Crippen molar-refractivity contribution in [3.05, 3.63) is 121 Å². The summed E-state index contributed by atoms with van der Waals surface area (Å²) in [5, 5.41) is 8.97. The van der Waals surface area contributed by atoms with Gasteiger partial charge in [0.2, 0.25) is 0 Å². The minimum absolute atomic E-state index is 0.808. The Bertz CT molecular complexity index is 1950. The number of fused-ring (bicyclic) bond motifs is 1. The van der Waals surface area contributed by atoms with Gasteiger partial charge in [0, 0.05) is 10.9 Å². The molecule has 0 saturated heterocycles. The molecule has 1 heteroatoms. The van der Waals surface area contributed by atoms with Crippen LogP contribution in [0.25, 0.3) is 77.7 Å². The number of benzene rings is 6. The topological polar surface area (TPSA) is 13.1 Å². The monoisotopic (exact) mass is 460 g/mol. The van der Waals surface area contributed by atoms with Gasteiger partial charge in [-0.25, -0.2) is 0 Å². The third-order valence-electron chi connectivity index (χ3n) is 7.31. The molecule has 0 aliphatic carbocycles. The van der Waals surface area contributed by atoms with Gasteiger partial charge in [-0.2, -0.15) is 0 Å². The molecular formula is C35H24O. The zero-order chi connectivity index (χ0) is 24.2. The van der Waals surface area contributed by atoms with Crippen molar-refractivity contribution in [2.45, 2.75) is 6.92 Å². The summed E-state index contributed by atoms with van der Waals surface area (Å²) >= 11 is 0. The highest BCUT2D eigenvalue weighted by Gasteiger charge is 2.14. The second-order valence-corrected chi connectivity index (χ2v) is 9.35. The first-order valence-corrected chi connectivity index (χ1v) is 12.3. The normalized spacial score (nSPS) is 12.0. The molecule has 36 heavy (non-hydrogen) atoms. The van der Waals surface area contributed by atoms with E-state index in [1.54, 1.807) is 6.08 Å². The molecule has 7 aromatic rings. The van der Waals surface area contributed by atoms with Crippen molar-refractivity contribution in [3.8, 4) is 22.3 Å². The van der Waals surface area contributed by atoms with Gasteiger partial charge in [-0.15, -0.1) is 0 Å². The second kappa shape index (κ2) is 7.96. The maximum atomic E-state index is 6.02. The fraction of sp³-hybridized carbons (Fsp3) is 0.0286. The minimum Gasteiger partial charge on any atom is -0.456 e. The van der Waals surface area contributed by atoms with E-state index in [0.29, 0.717) is 0 Å². The smallest absolute Gasteiger partial charge is 0.135 e. The molecule has 170 valence electrons. The molecule has 6 aromatic carbocycles. The van der Waals surface area contributed by atoms with Gasteiger partial charge in [-0.05, 0) is 85.8 Å². The largest absolute Gasteiger partial charge is 0.456 e. The second-order valence-electron chi connectivity index (χ2n) is 9.35. The van der Waals surface area contributed by atoms with Crippen molar-refractivity contribution >= 4 is 55.4 Å². The lowest BCUT2D eigenvalue weighted by atomic mass is 9.89. The first-order valence-electron chi connectivity index (χ1n) is 12.3. The van der Waals surface area contributed by atoms with Crippen LogP contribution in [-0.2, 0) is 0 Å². The van der Waals surface area contributed by atoms with E-state index < -0.39 is 0 Å². The van der Waals surface area contributed by atoms with Crippen LogP contribution in [0, 0.1) is 0 Å². The number of hydrogen-bond donors (Lipinski definition) is 0. The predicted octanol–water partition coefficient (Wildman–Crippen LogP) is 10.3. The average molecular weight is 461 g/mol. The Balaban J connectivity index is 1.42. The van der Waals surface area contributed by atoms with Crippen LogP contribution in [0.1, 0.15) is 18.2 Å². The molecule has 0 radical (unpaired) electrons. The van der Waals surface area contributed by atoms with Crippen LogP contribution in [0.5, 0.6) is 0 Å². The summed E-state index contributed by atoms with van der Waals surface area (Å²) in [7, 11) is 0.